The summed E-state index contributed by atoms with van der Waals surface area (Å²) in [7, 11) is 0. The number of amides is 2. The molecule has 2 amide bonds. The lowest BCUT2D eigenvalue weighted by Crippen LogP contribution is -2.42. The molecule has 5 heteroatoms. The third-order valence-corrected chi connectivity index (χ3v) is 4.15. The number of rotatable bonds is 4. The standard InChI is InChI=1S/C18H21N3O2/c22-17(12-20-18(23)14-7-4-10-19-11-14)21-16-9-3-6-13-5-1-2-8-15(13)16/h1-3,5-6,8-9,14,19H,4,7,10-12H2,(H,20,23)(H,21,22). The highest BCUT2D eigenvalue weighted by Crippen LogP contribution is 2.22. The van der Waals surface area contributed by atoms with E-state index in [0.717, 1.165) is 35.8 Å². The Morgan fingerprint density at radius 2 is 1.96 bits per heavy atom. The molecule has 2 aromatic carbocycles. The summed E-state index contributed by atoms with van der Waals surface area (Å²) in [5, 5.41) is 10.9. The van der Waals surface area contributed by atoms with Gasteiger partial charge >= 0.3 is 0 Å². The number of carbonyl (C=O) groups excluding carboxylic acids is 2. The number of fused-ring (bicyclic) bond motifs is 1. The lowest BCUT2D eigenvalue weighted by Gasteiger charge is -2.21. The second-order valence-electron chi connectivity index (χ2n) is 5.84. The molecule has 0 spiro atoms. The number of hydrogen-bond donors (Lipinski definition) is 3. The summed E-state index contributed by atoms with van der Waals surface area (Å²) in [6.45, 7) is 1.65. The van der Waals surface area contributed by atoms with Crippen LogP contribution in [0.4, 0.5) is 5.69 Å². The van der Waals surface area contributed by atoms with Gasteiger partial charge in [-0.15, -0.1) is 0 Å². The molecule has 5 nitrogen and oxygen atoms in total. The van der Waals surface area contributed by atoms with Crippen LogP contribution in [0.3, 0.4) is 0 Å². The second kappa shape index (κ2) is 7.24. The molecule has 0 aromatic heterocycles. The Bertz CT molecular complexity index is 703. The van der Waals surface area contributed by atoms with Crippen molar-refractivity contribution in [3.05, 3.63) is 42.5 Å². The highest BCUT2D eigenvalue weighted by atomic mass is 16.2. The maximum atomic E-state index is 12.1. The summed E-state index contributed by atoms with van der Waals surface area (Å²) in [5.41, 5.74) is 0.765. The zero-order valence-electron chi connectivity index (χ0n) is 13.0. The smallest absolute Gasteiger partial charge is 0.243 e. The minimum absolute atomic E-state index is 0.00143. The molecule has 0 radical (unpaired) electrons. The molecule has 1 aliphatic rings. The van der Waals surface area contributed by atoms with Crippen LogP contribution in [0.2, 0.25) is 0 Å². The SMILES string of the molecule is O=C(CNC(=O)C1CCCNC1)Nc1cccc2ccccc12. The first-order valence-electron chi connectivity index (χ1n) is 8.00. The molecular formula is C18H21N3O2. The molecule has 0 saturated carbocycles. The van der Waals surface area contributed by atoms with E-state index in [1.807, 2.05) is 42.5 Å². The molecule has 1 saturated heterocycles. The Kier molecular flexibility index (Phi) is 4.88. The van der Waals surface area contributed by atoms with E-state index >= 15 is 0 Å². The number of nitrogens with one attached hydrogen (secondary N) is 3. The zero-order valence-corrected chi connectivity index (χ0v) is 13.0. The minimum atomic E-state index is -0.210. The fourth-order valence-corrected chi connectivity index (χ4v) is 2.92. The van der Waals surface area contributed by atoms with Crippen LogP contribution in [0.15, 0.2) is 42.5 Å². The monoisotopic (exact) mass is 311 g/mol. The van der Waals surface area contributed by atoms with Crippen LogP contribution < -0.4 is 16.0 Å². The Morgan fingerprint density at radius 3 is 2.78 bits per heavy atom. The van der Waals surface area contributed by atoms with Crippen LogP contribution in [-0.2, 0) is 9.59 Å². The largest absolute Gasteiger partial charge is 0.347 e. The van der Waals surface area contributed by atoms with E-state index in [1.54, 1.807) is 0 Å². The van der Waals surface area contributed by atoms with Gasteiger partial charge in [-0.25, -0.2) is 0 Å². The average Bonchev–Trinajstić information content (AvgIpc) is 2.61. The predicted molar refractivity (Wildman–Crippen MR) is 91.2 cm³/mol. The first-order chi connectivity index (χ1) is 11.2. The van der Waals surface area contributed by atoms with Crippen LogP contribution in [0.25, 0.3) is 10.8 Å². The van der Waals surface area contributed by atoms with E-state index < -0.39 is 0 Å². The topological polar surface area (TPSA) is 70.2 Å². The van der Waals surface area contributed by atoms with Crippen LogP contribution in [-0.4, -0.2) is 31.4 Å². The van der Waals surface area contributed by atoms with Gasteiger partial charge in [0.05, 0.1) is 12.5 Å². The number of hydrogen-bond acceptors (Lipinski definition) is 3. The Balaban J connectivity index is 1.57. The third kappa shape index (κ3) is 3.87. The molecule has 1 aliphatic heterocycles. The van der Waals surface area contributed by atoms with Crippen LogP contribution in [0.5, 0.6) is 0 Å². The molecule has 23 heavy (non-hydrogen) atoms. The van der Waals surface area contributed by atoms with E-state index in [9.17, 15) is 9.59 Å². The molecule has 2 aromatic rings. The number of piperidine rings is 1. The zero-order chi connectivity index (χ0) is 16.1. The normalized spacial score (nSPS) is 17.7. The van der Waals surface area contributed by atoms with Gasteiger partial charge in [0, 0.05) is 17.6 Å². The van der Waals surface area contributed by atoms with E-state index in [-0.39, 0.29) is 24.3 Å². The molecule has 1 atom stereocenters. The van der Waals surface area contributed by atoms with Crippen LogP contribution >= 0.6 is 0 Å². The summed E-state index contributed by atoms with van der Waals surface area (Å²) >= 11 is 0. The van der Waals surface area contributed by atoms with Crippen molar-refractivity contribution in [3.8, 4) is 0 Å². The number of carbonyl (C=O) groups is 2. The predicted octanol–water partition coefficient (Wildman–Crippen LogP) is 1.89. The molecule has 0 bridgehead atoms. The lowest BCUT2D eigenvalue weighted by molar-refractivity contribution is -0.127. The molecule has 120 valence electrons. The van der Waals surface area contributed by atoms with Crippen molar-refractivity contribution in [1.82, 2.24) is 10.6 Å². The second-order valence-corrected chi connectivity index (χ2v) is 5.84. The summed E-state index contributed by atoms with van der Waals surface area (Å²) in [6.07, 6.45) is 1.88. The average molecular weight is 311 g/mol. The Labute approximate surface area is 135 Å². The van der Waals surface area contributed by atoms with Crippen molar-refractivity contribution in [2.24, 2.45) is 5.92 Å². The molecule has 3 N–H and O–H groups in total. The van der Waals surface area contributed by atoms with Gasteiger partial charge in [-0.3, -0.25) is 9.59 Å². The number of benzene rings is 2. The summed E-state index contributed by atoms with van der Waals surface area (Å²) in [6, 6.07) is 13.7. The van der Waals surface area contributed by atoms with Gasteiger partial charge in [-0.1, -0.05) is 36.4 Å². The van der Waals surface area contributed by atoms with Crippen molar-refractivity contribution in [1.29, 1.82) is 0 Å². The van der Waals surface area contributed by atoms with Gasteiger partial charge in [0.2, 0.25) is 11.8 Å². The highest BCUT2D eigenvalue weighted by Gasteiger charge is 2.21. The summed E-state index contributed by atoms with van der Waals surface area (Å²) in [5.74, 6) is -0.294. The van der Waals surface area contributed by atoms with Crippen molar-refractivity contribution in [2.75, 3.05) is 25.0 Å². The fourth-order valence-electron chi connectivity index (χ4n) is 2.92. The maximum absolute atomic E-state index is 12.1. The van der Waals surface area contributed by atoms with E-state index in [1.165, 1.54) is 0 Å². The minimum Gasteiger partial charge on any atom is -0.347 e. The van der Waals surface area contributed by atoms with Crippen molar-refractivity contribution in [3.63, 3.8) is 0 Å². The van der Waals surface area contributed by atoms with Gasteiger partial charge in [-0.05, 0) is 30.8 Å². The maximum Gasteiger partial charge on any atom is 0.243 e. The summed E-state index contributed by atoms with van der Waals surface area (Å²) < 4.78 is 0. The molecule has 0 aliphatic carbocycles. The summed E-state index contributed by atoms with van der Waals surface area (Å²) in [4.78, 5) is 24.1. The number of anilines is 1. The van der Waals surface area contributed by atoms with E-state index in [0.29, 0.717) is 6.54 Å². The first-order valence-corrected chi connectivity index (χ1v) is 8.00. The Morgan fingerprint density at radius 1 is 1.13 bits per heavy atom. The van der Waals surface area contributed by atoms with Crippen molar-refractivity contribution >= 4 is 28.3 Å². The van der Waals surface area contributed by atoms with E-state index in [2.05, 4.69) is 16.0 Å². The van der Waals surface area contributed by atoms with Crippen molar-refractivity contribution in [2.45, 2.75) is 12.8 Å². The van der Waals surface area contributed by atoms with Gasteiger partial charge in [-0.2, -0.15) is 0 Å². The quantitative estimate of drug-likeness (QED) is 0.807. The van der Waals surface area contributed by atoms with Gasteiger partial charge < -0.3 is 16.0 Å². The van der Waals surface area contributed by atoms with Crippen molar-refractivity contribution < 1.29 is 9.59 Å². The highest BCUT2D eigenvalue weighted by molar-refractivity contribution is 6.03. The molecule has 1 unspecified atom stereocenters. The fraction of sp³-hybridized carbons (Fsp3) is 0.333. The van der Waals surface area contributed by atoms with Gasteiger partial charge in [0.25, 0.3) is 0 Å². The molecule has 1 heterocycles. The lowest BCUT2D eigenvalue weighted by atomic mass is 9.99. The van der Waals surface area contributed by atoms with Gasteiger partial charge in [0.15, 0.2) is 0 Å². The Hall–Kier alpha value is -2.40. The van der Waals surface area contributed by atoms with Crippen LogP contribution in [0, 0.1) is 5.92 Å². The van der Waals surface area contributed by atoms with Crippen LogP contribution in [0.1, 0.15) is 12.8 Å². The first kappa shape index (κ1) is 15.5. The van der Waals surface area contributed by atoms with E-state index in [4.69, 9.17) is 0 Å². The third-order valence-electron chi connectivity index (χ3n) is 4.15. The molecular weight excluding hydrogens is 290 g/mol. The molecule has 3 rings (SSSR count). The molecule has 1 fully saturated rings. The van der Waals surface area contributed by atoms with Gasteiger partial charge in [0.1, 0.15) is 0 Å².